The molecule has 2 heterocycles. The number of pyridine rings is 1. The van der Waals surface area contributed by atoms with Gasteiger partial charge >= 0.3 is 6.03 Å². The van der Waals surface area contributed by atoms with Crippen molar-refractivity contribution < 1.29 is 4.79 Å². The number of urea groups is 1. The lowest BCUT2D eigenvalue weighted by Crippen LogP contribution is -2.46. The second-order valence-electron chi connectivity index (χ2n) is 5.56. The highest BCUT2D eigenvalue weighted by Gasteiger charge is 2.31. The summed E-state index contributed by atoms with van der Waals surface area (Å²) in [5, 5.41) is 3.00. The second kappa shape index (κ2) is 6.60. The van der Waals surface area contributed by atoms with Gasteiger partial charge < -0.3 is 10.2 Å². The first-order valence-corrected chi connectivity index (χ1v) is 7.83. The lowest BCUT2D eigenvalue weighted by molar-refractivity contribution is 0.180. The molecule has 0 spiro atoms. The van der Waals surface area contributed by atoms with E-state index in [9.17, 15) is 4.79 Å². The van der Waals surface area contributed by atoms with Crippen molar-refractivity contribution in [3.8, 4) is 0 Å². The van der Waals surface area contributed by atoms with Crippen molar-refractivity contribution in [2.45, 2.75) is 25.8 Å². The minimum Gasteiger partial charge on any atom is -0.338 e. The minimum absolute atomic E-state index is 0.00482. The van der Waals surface area contributed by atoms with Crippen LogP contribution in [0, 0.1) is 0 Å². The first kappa shape index (κ1) is 14.6. The summed E-state index contributed by atoms with van der Waals surface area (Å²) in [5.74, 6) is 0. The number of carbonyl (C=O) groups is 1. The van der Waals surface area contributed by atoms with Gasteiger partial charge in [0, 0.05) is 25.5 Å². The van der Waals surface area contributed by atoms with Crippen LogP contribution in [0.3, 0.4) is 0 Å². The topological polar surface area (TPSA) is 45.2 Å². The average Bonchev–Trinajstić information content (AvgIpc) is 2.59. The molecule has 1 aliphatic rings. The number of rotatable bonds is 3. The summed E-state index contributed by atoms with van der Waals surface area (Å²) in [7, 11) is 0. The van der Waals surface area contributed by atoms with E-state index >= 15 is 0 Å². The van der Waals surface area contributed by atoms with Crippen LogP contribution < -0.4 is 5.32 Å². The van der Waals surface area contributed by atoms with Gasteiger partial charge in [0.1, 0.15) is 0 Å². The van der Waals surface area contributed by atoms with E-state index in [1.165, 1.54) is 11.1 Å². The highest BCUT2D eigenvalue weighted by Crippen LogP contribution is 2.34. The number of carbonyl (C=O) groups excluding carboxylic acids is 1. The number of amides is 2. The number of hydrogen-bond donors (Lipinski definition) is 1. The maximum absolute atomic E-state index is 12.5. The normalized spacial score (nSPS) is 17.0. The predicted octanol–water partition coefficient (Wildman–Crippen LogP) is 3.15. The summed E-state index contributed by atoms with van der Waals surface area (Å²) in [6.45, 7) is 3.49. The van der Waals surface area contributed by atoms with Crippen LogP contribution in [0.25, 0.3) is 0 Å². The van der Waals surface area contributed by atoms with Gasteiger partial charge in [-0.05, 0) is 35.6 Å². The van der Waals surface area contributed by atoms with Crippen molar-refractivity contribution in [3.63, 3.8) is 0 Å². The Balaban J connectivity index is 1.98. The second-order valence-corrected chi connectivity index (χ2v) is 5.56. The summed E-state index contributed by atoms with van der Waals surface area (Å²) in [5.41, 5.74) is 3.57. The zero-order valence-electron chi connectivity index (χ0n) is 12.8. The van der Waals surface area contributed by atoms with Crippen LogP contribution in [0.4, 0.5) is 4.79 Å². The maximum atomic E-state index is 12.5. The Labute approximate surface area is 131 Å². The molecule has 1 N–H and O–H groups in total. The molecular formula is C18H21N3O. The van der Waals surface area contributed by atoms with Gasteiger partial charge in [0.2, 0.25) is 0 Å². The Morgan fingerprint density at radius 1 is 1.32 bits per heavy atom. The summed E-state index contributed by atoms with van der Waals surface area (Å²) >= 11 is 0. The molecule has 1 aromatic carbocycles. The molecule has 3 rings (SSSR count). The van der Waals surface area contributed by atoms with Crippen LogP contribution in [0.5, 0.6) is 0 Å². The minimum atomic E-state index is -0.0597. The average molecular weight is 295 g/mol. The number of aromatic nitrogens is 1. The Morgan fingerprint density at radius 3 is 2.95 bits per heavy atom. The monoisotopic (exact) mass is 295 g/mol. The molecule has 114 valence electrons. The van der Waals surface area contributed by atoms with E-state index in [0.29, 0.717) is 6.54 Å². The van der Waals surface area contributed by atoms with Crippen molar-refractivity contribution >= 4 is 6.03 Å². The molecule has 0 saturated heterocycles. The lowest BCUT2D eigenvalue weighted by Gasteiger charge is -2.37. The third kappa shape index (κ3) is 2.82. The molecule has 2 aromatic rings. The van der Waals surface area contributed by atoms with Gasteiger partial charge in [-0.2, -0.15) is 0 Å². The number of benzene rings is 1. The van der Waals surface area contributed by atoms with Crippen LogP contribution in [0.15, 0.2) is 48.8 Å². The van der Waals surface area contributed by atoms with Gasteiger partial charge in [0.05, 0.1) is 6.04 Å². The largest absolute Gasteiger partial charge is 0.338 e. The van der Waals surface area contributed by atoms with Gasteiger partial charge in [-0.15, -0.1) is 0 Å². The Morgan fingerprint density at radius 2 is 2.18 bits per heavy atom. The molecule has 4 nitrogen and oxygen atoms in total. The molecule has 4 heteroatoms. The van der Waals surface area contributed by atoms with Crippen molar-refractivity contribution in [2.24, 2.45) is 0 Å². The third-order valence-electron chi connectivity index (χ3n) is 4.07. The van der Waals surface area contributed by atoms with Crippen molar-refractivity contribution in [1.29, 1.82) is 0 Å². The van der Waals surface area contributed by atoms with Crippen LogP contribution in [0.2, 0.25) is 0 Å². The molecule has 0 saturated carbocycles. The quantitative estimate of drug-likeness (QED) is 0.945. The molecule has 1 unspecified atom stereocenters. The standard InChI is InChI=1S/C18H21N3O/c1-2-10-20-18(22)21-12-9-14-6-3-4-8-16(14)17(21)15-7-5-11-19-13-15/h3-8,11,13,17H,2,9-10,12H2,1H3,(H,20,22). The van der Waals surface area contributed by atoms with Gasteiger partial charge in [-0.25, -0.2) is 4.79 Å². The van der Waals surface area contributed by atoms with Crippen LogP contribution in [-0.2, 0) is 6.42 Å². The number of nitrogens with zero attached hydrogens (tertiary/aromatic N) is 2. The summed E-state index contributed by atoms with van der Waals surface area (Å²) in [6, 6.07) is 12.3. The lowest BCUT2D eigenvalue weighted by atomic mass is 9.89. The SMILES string of the molecule is CCCNC(=O)N1CCc2ccccc2C1c1cccnc1. The van der Waals surface area contributed by atoms with Crippen LogP contribution >= 0.6 is 0 Å². The molecule has 0 bridgehead atoms. The predicted molar refractivity (Wildman–Crippen MR) is 86.6 cm³/mol. The molecule has 0 aliphatic carbocycles. The summed E-state index contributed by atoms with van der Waals surface area (Å²) < 4.78 is 0. The zero-order valence-corrected chi connectivity index (χ0v) is 12.8. The number of nitrogens with one attached hydrogen (secondary N) is 1. The van der Waals surface area contributed by atoms with Crippen molar-refractivity contribution in [2.75, 3.05) is 13.1 Å². The molecular weight excluding hydrogens is 274 g/mol. The summed E-state index contributed by atoms with van der Waals surface area (Å²) in [6.07, 6.45) is 5.45. The van der Waals surface area contributed by atoms with E-state index < -0.39 is 0 Å². The molecule has 2 amide bonds. The fourth-order valence-corrected chi connectivity index (χ4v) is 3.02. The fraction of sp³-hybridized carbons (Fsp3) is 0.333. The maximum Gasteiger partial charge on any atom is 0.318 e. The summed E-state index contributed by atoms with van der Waals surface area (Å²) in [4.78, 5) is 18.7. The van der Waals surface area contributed by atoms with Gasteiger partial charge in [-0.1, -0.05) is 37.3 Å². The number of hydrogen-bond acceptors (Lipinski definition) is 2. The molecule has 1 aromatic heterocycles. The molecule has 0 fully saturated rings. The van der Waals surface area contributed by atoms with E-state index in [2.05, 4.69) is 35.4 Å². The third-order valence-corrected chi connectivity index (χ3v) is 4.07. The van der Waals surface area contributed by atoms with E-state index in [0.717, 1.165) is 24.9 Å². The van der Waals surface area contributed by atoms with Gasteiger partial charge in [0.25, 0.3) is 0 Å². The van der Waals surface area contributed by atoms with Gasteiger partial charge in [-0.3, -0.25) is 4.98 Å². The zero-order chi connectivity index (χ0) is 15.4. The van der Waals surface area contributed by atoms with E-state index in [1.54, 1.807) is 6.20 Å². The first-order valence-electron chi connectivity index (χ1n) is 7.83. The van der Waals surface area contributed by atoms with E-state index in [4.69, 9.17) is 0 Å². The van der Waals surface area contributed by atoms with Crippen molar-refractivity contribution in [1.82, 2.24) is 15.2 Å². The number of fused-ring (bicyclic) bond motifs is 1. The van der Waals surface area contributed by atoms with Crippen LogP contribution in [0.1, 0.15) is 36.1 Å². The molecule has 0 radical (unpaired) electrons. The van der Waals surface area contributed by atoms with E-state index in [1.807, 2.05) is 29.3 Å². The Hall–Kier alpha value is -2.36. The first-order chi connectivity index (χ1) is 10.8. The highest BCUT2D eigenvalue weighted by molar-refractivity contribution is 5.76. The van der Waals surface area contributed by atoms with Crippen molar-refractivity contribution in [3.05, 3.63) is 65.5 Å². The molecule has 1 atom stereocenters. The van der Waals surface area contributed by atoms with E-state index in [-0.39, 0.29) is 12.1 Å². The highest BCUT2D eigenvalue weighted by atomic mass is 16.2. The van der Waals surface area contributed by atoms with Gasteiger partial charge in [0.15, 0.2) is 0 Å². The Kier molecular flexibility index (Phi) is 4.37. The molecule has 22 heavy (non-hydrogen) atoms. The fourth-order valence-electron chi connectivity index (χ4n) is 3.02. The molecule has 1 aliphatic heterocycles. The smallest absolute Gasteiger partial charge is 0.318 e. The Bertz CT molecular complexity index is 642. The van der Waals surface area contributed by atoms with Crippen LogP contribution in [-0.4, -0.2) is 29.0 Å².